The fraction of sp³-hybridized carbons (Fsp3) is 0.409. The molecule has 0 heterocycles. The van der Waals surface area contributed by atoms with Crippen molar-refractivity contribution < 1.29 is 22.7 Å². The molecule has 2 aromatic carbocycles. The van der Waals surface area contributed by atoms with Gasteiger partial charge in [0.1, 0.15) is 0 Å². The van der Waals surface area contributed by atoms with Gasteiger partial charge in [0.2, 0.25) is 10.0 Å². The molecule has 0 aromatic heterocycles. The zero-order valence-electron chi connectivity index (χ0n) is 17.5. The molecule has 1 aliphatic carbocycles. The molecule has 2 N–H and O–H groups in total. The molecule has 0 radical (unpaired) electrons. The Kier molecular flexibility index (Phi) is 6.99. The minimum absolute atomic E-state index is 0.0452. The average Bonchev–Trinajstić information content (AvgIpc) is 3.20. The summed E-state index contributed by atoms with van der Waals surface area (Å²) in [6, 6.07) is 10.9. The van der Waals surface area contributed by atoms with Gasteiger partial charge < -0.3 is 14.8 Å². The Bertz CT molecular complexity index is 998. The van der Waals surface area contributed by atoms with Gasteiger partial charge in [-0.15, -0.1) is 0 Å². The molecule has 0 bridgehead atoms. The van der Waals surface area contributed by atoms with Gasteiger partial charge in [0.25, 0.3) is 5.91 Å². The van der Waals surface area contributed by atoms with Gasteiger partial charge in [0, 0.05) is 23.4 Å². The van der Waals surface area contributed by atoms with E-state index in [9.17, 15) is 13.2 Å². The molecule has 162 valence electrons. The van der Waals surface area contributed by atoms with Crippen LogP contribution in [0.15, 0.2) is 47.4 Å². The SMILES string of the molecule is COc1ccc(NC(=O)c2cccc(S(=O)(=O)NC(C)C)c2)cc1OC1CCCC1. The Balaban J connectivity index is 1.78. The lowest BCUT2D eigenvalue weighted by Crippen LogP contribution is -2.30. The lowest BCUT2D eigenvalue weighted by molar-refractivity contribution is 0.102. The maximum atomic E-state index is 12.7. The van der Waals surface area contributed by atoms with Crippen molar-refractivity contribution in [3.63, 3.8) is 0 Å². The smallest absolute Gasteiger partial charge is 0.255 e. The average molecular weight is 433 g/mol. The first-order chi connectivity index (χ1) is 14.3. The largest absolute Gasteiger partial charge is 0.493 e. The number of carbonyl (C=O) groups excluding carboxylic acids is 1. The van der Waals surface area contributed by atoms with Gasteiger partial charge in [-0.05, 0) is 69.9 Å². The van der Waals surface area contributed by atoms with Crippen molar-refractivity contribution in [2.45, 2.75) is 56.6 Å². The normalized spacial score (nSPS) is 14.7. The van der Waals surface area contributed by atoms with E-state index in [2.05, 4.69) is 10.0 Å². The minimum Gasteiger partial charge on any atom is -0.493 e. The summed E-state index contributed by atoms with van der Waals surface area (Å²) in [5, 5.41) is 2.80. The van der Waals surface area contributed by atoms with Crippen LogP contribution in [0.3, 0.4) is 0 Å². The van der Waals surface area contributed by atoms with Crippen LogP contribution >= 0.6 is 0 Å². The van der Waals surface area contributed by atoms with Crippen molar-refractivity contribution in [3.8, 4) is 11.5 Å². The number of hydrogen-bond donors (Lipinski definition) is 2. The number of rotatable bonds is 8. The van der Waals surface area contributed by atoms with E-state index in [0.717, 1.165) is 25.7 Å². The van der Waals surface area contributed by atoms with Crippen molar-refractivity contribution in [2.24, 2.45) is 0 Å². The first kappa shape index (κ1) is 22.1. The molecular weight excluding hydrogens is 404 g/mol. The molecule has 1 fully saturated rings. The fourth-order valence-corrected chi connectivity index (χ4v) is 4.71. The monoisotopic (exact) mass is 432 g/mol. The lowest BCUT2D eigenvalue weighted by atomic mass is 10.2. The predicted molar refractivity (Wildman–Crippen MR) is 116 cm³/mol. The molecule has 0 atom stereocenters. The number of carbonyl (C=O) groups is 1. The number of ether oxygens (including phenoxy) is 2. The standard InChI is InChI=1S/C22H28N2O5S/c1-15(2)24-30(26,27)19-10-6-7-16(13-19)22(25)23-17-11-12-20(28-3)21(14-17)29-18-8-4-5-9-18/h6-7,10-15,18,24H,4-5,8-9H2,1-3H3,(H,23,25). The third kappa shape index (κ3) is 5.52. The highest BCUT2D eigenvalue weighted by Gasteiger charge is 2.20. The number of anilines is 1. The molecule has 0 aliphatic heterocycles. The number of nitrogens with one attached hydrogen (secondary N) is 2. The van der Waals surface area contributed by atoms with Gasteiger partial charge in [0.05, 0.1) is 18.1 Å². The molecule has 30 heavy (non-hydrogen) atoms. The molecule has 1 amide bonds. The van der Waals surface area contributed by atoms with E-state index in [-0.39, 0.29) is 22.6 Å². The Labute approximate surface area is 177 Å². The van der Waals surface area contributed by atoms with E-state index in [0.29, 0.717) is 17.2 Å². The lowest BCUT2D eigenvalue weighted by Gasteiger charge is -2.17. The van der Waals surface area contributed by atoms with Crippen LogP contribution in [-0.2, 0) is 10.0 Å². The number of hydrogen-bond acceptors (Lipinski definition) is 5. The molecule has 1 saturated carbocycles. The van der Waals surface area contributed by atoms with E-state index in [4.69, 9.17) is 9.47 Å². The first-order valence-electron chi connectivity index (χ1n) is 10.1. The maximum Gasteiger partial charge on any atom is 0.255 e. The van der Waals surface area contributed by atoms with E-state index in [1.807, 2.05) is 0 Å². The van der Waals surface area contributed by atoms with Crippen molar-refractivity contribution in [3.05, 3.63) is 48.0 Å². The summed E-state index contributed by atoms with van der Waals surface area (Å²) in [6.07, 6.45) is 4.46. The zero-order valence-corrected chi connectivity index (χ0v) is 18.3. The summed E-state index contributed by atoms with van der Waals surface area (Å²) in [6.45, 7) is 3.48. The second-order valence-electron chi connectivity index (χ2n) is 7.65. The van der Waals surface area contributed by atoms with Crippen LogP contribution in [0.4, 0.5) is 5.69 Å². The highest BCUT2D eigenvalue weighted by Crippen LogP contribution is 2.34. The highest BCUT2D eigenvalue weighted by molar-refractivity contribution is 7.89. The Morgan fingerprint density at radius 3 is 2.47 bits per heavy atom. The quantitative estimate of drug-likeness (QED) is 0.659. The predicted octanol–water partition coefficient (Wildman–Crippen LogP) is 3.96. The van der Waals surface area contributed by atoms with Gasteiger partial charge in [-0.2, -0.15) is 0 Å². The van der Waals surface area contributed by atoms with Crippen LogP contribution in [0.2, 0.25) is 0 Å². The van der Waals surface area contributed by atoms with Crippen LogP contribution in [0, 0.1) is 0 Å². The van der Waals surface area contributed by atoms with Crippen LogP contribution in [0.1, 0.15) is 49.9 Å². The minimum atomic E-state index is -3.68. The summed E-state index contributed by atoms with van der Waals surface area (Å²) in [4.78, 5) is 12.8. The van der Waals surface area contributed by atoms with Gasteiger partial charge in [-0.3, -0.25) is 4.79 Å². The van der Waals surface area contributed by atoms with Gasteiger partial charge in [-0.25, -0.2) is 13.1 Å². The van der Waals surface area contributed by atoms with Gasteiger partial charge >= 0.3 is 0 Å². The van der Waals surface area contributed by atoms with Crippen molar-refractivity contribution in [1.29, 1.82) is 0 Å². The fourth-order valence-electron chi connectivity index (χ4n) is 3.42. The number of amides is 1. The highest BCUT2D eigenvalue weighted by atomic mass is 32.2. The molecule has 2 aromatic rings. The van der Waals surface area contributed by atoms with Crippen molar-refractivity contribution in [1.82, 2.24) is 4.72 Å². The molecule has 3 rings (SSSR count). The number of sulfonamides is 1. The van der Waals surface area contributed by atoms with E-state index < -0.39 is 15.9 Å². The summed E-state index contributed by atoms with van der Waals surface area (Å²) in [5.41, 5.74) is 0.790. The van der Waals surface area contributed by atoms with Crippen LogP contribution in [0.5, 0.6) is 11.5 Å². The second kappa shape index (κ2) is 9.49. The molecule has 0 saturated heterocycles. The van der Waals surface area contributed by atoms with E-state index in [1.54, 1.807) is 51.3 Å². The summed E-state index contributed by atoms with van der Waals surface area (Å²) in [7, 11) is -2.11. The van der Waals surface area contributed by atoms with E-state index in [1.165, 1.54) is 12.1 Å². The van der Waals surface area contributed by atoms with E-state index >= 15 is 0 Å². The maximum absolute atomic E-state index is 12.7. The third-order valence-corrected chi connectivity index (χ3v) is 6.47. The Hall–Kier alpha value is -2.58. The molecule has 1 aliphatic rings. The number of methoxy groups -OCH3 is 1. The van der Waals surface area contributed by atoms with Crippen molar-refractivity contribution >= 4 is 21.6 Å². The summed E-state index contributed by atoms with van der Waals surface area (Å²) >= 11 is 0. The molecule has 7 nitrogen and oxygen atoms in total. The second-order valence-corrected chi connectivity index (χ2v) is 9.36. The van der Waals surface area contributed by atoms with Crippen LogP contribution in [0.25, 0.3) is 0 Å². The van der Waals surface area contributed by atoms with Gasteiger partial charge in [0.15, 0.2) is 11.5 Å². The molecular formula is C22H28N2O5S. The molecule has 8 heteroatoms. The third-order valence-electron chi connectivity index (χ3n) is 4.81. The molecule has 0 spiro atoms. The summed E-state index contributed by atoms with van der Waals surface area (Å²) < 4.78 is 38.7. The Morgan fingerprint density at radius 2 is 1.80 bits per heavy atom. The Morgan fingerprint density at radius 1 is 1.07 bits per heavy atom. The zero-order chi connectivity index (χ0) is 21.7. The van der Waals surface area contributed by atoms with Crippen LogP contribution < -0.4 is 19.5 Å². The topological polar surface area (TPSA) is 93.7 Å². The summed E-state index contributed by atoms with van der Waals surface area (Å²) in [5.74, 6) is 0.779. The van der Waals surface area contributed by atoms with Crippen LogP contribution in [-0.4, -0.2) is 33.6 Å². The van der Waals surface area contributed by atoms with Gasteiger partial charge in [-0.1, -0.05) is 6.07 Å². The number of benzene rings is 2. The van der Waals surface area contributed by atoms with Crippen molar-refractivity contribution in [2.75, 3.05) is 12.4 Å². The first-order valence-corrected chi connectivity index (χ1v) is 11.6. The molecule has 0 unspecified atom stereocenters.